The van der Waals surface area contributed by atoms with Gasteiger partial charge in [0.05, 0.1) is 17.7 Å². The van der Waals surface area contributed by atoms with Gasteiger partial charge in [0.2, 0.25) is 0 Å². The molecule has 0 radical (unpaired) electrons. The molecule has 2 heterocycles. The van der Waals surface area contributed by atoms with Crippen LogP contribution in [0.4, 0.5) is 5.82 Å². The first-order chi connectivity index (χ1) is 9.61. The summed E-state index contributed by atoms with van der Waals surface area (Å²) in [4.78, 5) is 4.38. The van der Waals surface area contributed by atoms with Crippen LogP contribution in [0, 0.1) is 0 Å². The highest BCUT2D eigenvalue weighted by atomic mass is 35.5. The van der Waals surface area contributed by atoms with E-state index >= 15 is 0 Å². The molecule has 0 amide bonds. The van der Waals surface area contributed by atoms with Crippen LogP contribution in [-0.2, 0) is 4.74 Å². The van der Waals surface area contributed by atoms with Crippen LogP contribution in [0.15, 0.2) is 18.5 Å². The van der Waals surface area contributed by atoms with Gasteiger partial charge in [-0.3, -0.25) is 0 Å². The van der Waals surface area contributed by atoms with Crippen LogP contribution < -0.4 is 5.32 Å². The number of halogens is 1. The molecule has 0 aliphatic carbocycles. The summed E-state index contributed by atoms with van der Waals surface area (Å²) < 4.78 is 6.88. The largest absolute Gasteiger partial charge is 0.383 e. The quantitative estimate of drug-likeness (QED) is 0.798. The Morgan fingerprint density at radius 3 is 2.95 bits per heavy atom. The average molecular weight is 297 g/mol. The van der Waals surface area contributed by atoms with Gasteiger partial charge in [0.25, 0.3) is 0 Å². The van der Waals surface area contributed by atoms with Gasteiger partial charge in [-0.05, 0) is 18.4 Å². The van der Waals surface area contributed by atoms with Gasteiger partial charge in [-0.15, -0.1) is 11.6 Å². The fourth-order valence-corrected chi connectivity index (χ4v) is 2.21. The molecule has 0 saturated carbocycles. The number of methoxy groups -OCH3 is 1. The van der Waals surface area contributed by atoms with Crippen LogP contribution in [0.3, 0.4) is 0 Å². The van der Waals surface area contributed by atoms with Crippen LogP contribution >= 0.6 is 11.6 Å². The number of nitrogens with one attached hydrogen (secondary N) is 1. The van der Waals surface area contributed by atoms with Gasteiger partial charge in [0.15, 0.2) is 5.82 Å². The lowest BCUT2D eigenvalue weighted by molar-refractivity contribution is 0.196. The van der Waals surface area contributed by atoms with Crippen molar-refractivity contribution in [2.45, 2.75) is 31.6 Å². The summed E-state index contributed by atoms with van der Waals surface area (Å²) in [7, 11) is 1.66. The molecule has 0 saturated heterocycles. The van der Waals surface area contributed by atoms with Crippen LogP contribution in [0.5, 0.6) is 0 Å². The third-order valence-electron chi connectivity index (χ3n) is 3.10. The number of nitrogens with zero attached hydrogens (tertiary/aromatic N) is 3. The summed E-state index contributed by atoms with van der Waals surface area (Å²) in [6.45, 7) is 5.58. The second-order valence-corrected chi connectivity index (χ2v) is 5.71. The summed E-state index contributed by atoms with van der Waals surface area (Å²) in [5, 5.41) is 7.87. The minimum Gasteiger partial charge on any atom is -0.383 e. The van der Waals surface area contributed by atoms with Gasteiger partial charge < -0.3 is 10.1 Å². The van der Waals surface area contributed by atoms with Crippen molar-refractivity contribution in [2.24, 2.45) is 0 Å². The van der Waals surface area contributed by atoms with Gasteiger partial charge in [-0.2, -0.15) is 5.10 Å². The number of fused-ring (bicyclic) bond motifs is 1. The summed E-state index contributed by atoms with van der Waals surface area (Å²) in [5.41, 5.74) is 2.06. The predicted octanol–water partition coefficient (Wildman–Crippen LogP) is 2.91. The van der Waals surface area contributed by atoms with Crippen LogP contribution in [-0.4, -0.2) is 40.2 Å². The molecule has 6 heteroatoms. The van der Waals surface area contributed by atoms with E-state index in [9.17, 15) is 0 Å². The Labute approximate surface area is 124 Å². The number of anilines is 1. The Morgan fingerprint density at radius 1 is 1.45 bits per heavy atom. The van der Waals surface area contributed by atoms with E-state index in [1.54, 1.807) is 13.3 Å². The van der Waals surface area contributed by atoms with Gasteiger partial charge in [0, 0.05) is 26.0 Å². The number of ether oxygens (including phenoxy) is 1. The zero-order valence-electron chi connectivity index (χ0n) is 12.1. The van der Waals surface area contributed by atoms with E-state index in [0.717, 1.165) is 30.0 Å². The Hall–Kier alpha value is -1.33. The molecule has 1 N–H and O–H groups in total. The van der Waals surface area contributed by atoms with E-state index < -0.39 is 0 Å². The zero-order valence-corrected chi connectivity index (χ0v) is 12.9. The van der Waals surface area contributed by atoms with Crippen molar-refractivity contribution in [3.8, 4) is 0 Å². The molecule has 0 aromatic carbocycles. The first-order valence-corrected chi connectivity index (χ1v) is 7.26. The van der Waals surface area contributed by atoms with Crippen LogP contribution in [0.2, 0.25) is 0 Å². The highest BCUT2D eigenvalue weighted by Gasteiger charge is 2.10. The lowest BCUT2D eigenvalue weighted by atomic mass is 10.1. The Kier molecular flexibility index (Phi) is 5.20. The minimum atomic E-state index is 0.0170. The molecule has 0 fully saturated rings. The number of aromatic nitrogens is 3. The molecule has 0 aliphatic rings. The summed E-state index contributed by atoms with van der Waals surface area (Å²) >= 11 is 6.11. The fraction of sp³-hybridized carbons (Fsp3) is 0.571. The molecule has 0 spiro atoms. The van der Waals surface area contributed by atoms with Crippen molar-refractivity contribution in [2.75, 3.05) is 25.6 Å². The number of rotatable bonds is 7. The topological polar surface area (TPSA) is 51.5 Å². The van der Waals surface area contributed by atoms with Crippen LogP contribution in [0.1, 0.15) is 31.9 Å². The van der Waals surface area contributed by atoms with Crippen molar-refractivity contribution in [3.05, 3.63) is 24.2 Å². The predicted molar refractivity (Wildman–Crippen MR) is 81.7 cm³/mol. The molecule has 110 valence electrons. The monoisotopic (exact) mass is 296 g/mol. The molecule has 0 bridgehead atoms. The first kappa shape index (κ1) is 15.1. The molecule has 2 aromatic rings. The minimum absolute atomic E-state index is 0.0170. The van der Waals surface area contributed by atoms with E-state index in [2.05, 4.69) is 35.3 Å². The van der Waals surface area contributed by atoms with E-state index in [0.29, 0.717) is 12.5 Å². The van der Waals surface area contributed by atoms with E-state index in [-0.39, 0.29) is 5.38 Å². The van der Waals surface area contributed by atoms with Crippen molar-refractivity contribution in [1.29, 1.82) is 0 Å². The normalized spacial score (nSPS) is 13.1. The summed E-state index contributed by atoms with van der Waals surface area (Å²) in [6.07, 6.45) is 4.44. The van der Waals surface area contributed by atoms with Gasteiger partial charge >= 0.3 is 0 Å². The molecule has 20 heavy (non-hydrogen) atoms. The summed E-state index contributed by atoms with van der Waals surface area (Å²) in [5.74, 6) is 1.24. The maximum atomic E-state index is 6.11. The smallest absolute Gasteiger partial charge is 0.152 e. The second-order valence-electron chi connectivity index (χ2n) is 5.10. The van der Waals surface area contributed by atoms with Crippen molar-refractivity contribution in [1.82, 2.24) is 14.6 Å². The van der Waals surface area contributed by atoms with E-state index in [1.165, 1.54) is 0 Å². The third-order valence-corrected chi connectivity index (χ3v) is 3.44. The van der Waals surface area contributed by atoms with Crippen LogP contribution in [0.25, 0.3) is 5.52 Å². The SMILES string of the molecule is COCC(Cl)CCNc1nccn2nc(C(C)C)cc12. The zero-order chi connectivity index (χ0) is 14.5. The molecular weight excluding hydrogens is 276 g/mol. The molecule has 0 aliphatic heterocycles. The molecule has 2 rings (SSSR count). The summed E-state index contributed by atoms with van der Waals surface area (Å²) in [6, 6.07) is 2.08. The number of alkyl halides is 1. The number of hydrogen-bond donors (Lipinski definition) is 1. The standard InChI is InChI=1S/C14H21ClN4O/c1-10(2)12-8-13-14(17-6-7-19(13)18-12)16-5-4-11(15)9-20-3/h6-8,10-11H,4-5,9H2,1-3H3,(H,16,17). The molecule has 1 atom stereocenters. The average Bonchev–Trinajstić information content (AvgIpc) is 2.84. The van der Waals surface area contributed by atoms with Gasteiger partial charge in [-0.1, -0.05) is 13.8 Å². The van der Waals surface area contributed by atoms with E-state index in [4.69, 9.17) is 16.3 Å². The van der Waals surface area contributed by atoms with E-state index in [1.807, 2.05) is 10.7 Å². The molecule has 1 unspecified atom stereocenters. The first-order valence-electron chi connectivity index (χ1n) is 6.83. The molecule has 2 aromatic heterocycles. The molecule has 5 nitrogen and oxygen atoms in total. The van der Waals surface area contributed by atoms with Gasteiger partial charge in [0.1, 0.15) is 5.52 Å². The highest BCUT2D eigenvalue weighted by molar-refractivity contribution is 6.20. The Morgan fingerprint density at radius 2 is 2.25 bits per heavy atom. The Bertz CT molecular complexity index is 555. The lowest BCUT2D eigenvalue weighted by Crippen LogP contribution is -2.14. The second kappa shape index (κ2) is 6.90. The maximum Gasteiger partial charge on any atom is 0.152 e. The lowest BCUT2D eigenvalue weighted by Gasteiger charge is -2.10. The van der Waals surface area contributed by atoms with Crippen molar-refractivity contribution < 1.29 is 4.74 Å². The highest BCUT2D eigenvalue weighted by Crippen LogP contribution is 2.19. The fourth-order valence-electron chi connectivity index (χ4n) is 1.97. The molecular formula is C14H21ClN4O. The Balaban J connectivity index is 2.06. The third kappa shape index (κ3) is 3.61. The van der Waals surface area contributed by atoms with Gasteiger partial charge in [-0.25, -0.2) is 9.50 Å². The number of hydrogen-bond acceptors (Lipinski definition) is 4. The van der Waals surface area contributed by atoms with Crippen molar-refractivity contribution >= 4 is 22.9 Å². The van der Waals surface area contributed by atoms with Crippen molar-refractivity contribution in [3.63, 3.8) is 0 Å². The maximum absolute atomic E-state index is 6.11.